The first kappa shape index (κ1) is 21.9. The molecule has 0 aliphatic carbocycles. The number of fused-ring (bicyclic) bond motifs is 1. The molecule has 1 amide bonds. The van der Waals surface area contributed by atoms with Crippen molar-refractivity contribution >= 4 is 27.5 Å². The van der Waals surface area contributed by atoms with Gasteiger partial charge in [0.25, 0.3) is 5.91 Å². The molecule has 8 heteroatoms. The van der Waals surface area contributed by atoms with E-state index in [1.54, 1.807) is 25.3 Å². The van der Waals surface area contributed by atoms with E-state index >= 15 is 0 Å². The highest BCUT2D eigenvalue weighted by molar-refractivity contribution is 7.16. The molecule has 2 aromatic carbocycles. The van der Waals surface area contributed by atoms with Crippen LogP contribution < -0.4 is 19.0 Å². The maximum Gasteiger partial charge on any atom is 0.283 e. The summed E-state index contributed by atoms with van der Waals surface area (Å²) >= 11 is 1.44. The Kier molecular flexibility index (Phi) is 7.48. The van der Waals surface area contributed by atoms with Gasteiger partial charge < -0.3 is 23.5 Å². The zero-order valence-corrected chi connectivity index (χ0v) is 18.5. The Morgan fingerprint density at radius 1 is 1.07 bits per heavy atom. The van der Waals surface area contributed by atoms with Crippen molar-refractivity contribution in [2.75, 3.05) is 34.0 Å². The van der Waals surface area contributed by atoms with Gasteiger partial charge in [0.05, 0.1) is 37.7 Å². The van der Waals surface area contributed by atoms with Crippen LogP contribution in [0.15, 0.2) is 41.4 Å². The topological polar surface area (TPSA) is 71.3 Å². The van der Waals surface area contributed by atoms with Crippen molar-refractivity contribution in [2.24, 2.45) is 4.99 Å². The van der Waals surface area contributed by atoms with Crippen molar-refractivity contribution in [3.63, 3.8) is 0 Å². The van der Waals surface area contributed by atoms with E-state index in [-0.39, 0.29) is 5.91 Å². The lowest BCUT2D eigenvalue weighted by atomic mass is 10.2. The monoisotopic (exact) mass is 430 g/mol. The second-order valence-electron chi connectivity index (χ2n) is 6.25. The number of carbonyl (C=O) groups excluding carboxylic acids is 1. The molecule has 0 saturated heterocycles. The molecule has 0 aliphatic rings. The highest BCUT2D eigenvalue weighted by Crippen LogP contribution is 2.28. The Morgan fingerprint density at radius 2 is 1.90 bits per heavy atom. The summed E-state index contributed by atoms with van der Waals surface area (Å²) in [4.78, 5) is 18.0. The molecule has 0 bridgehead atoms. The van der Waals surface area contributed by atoms with E-state index in [0.717, 1.165) is 16.0 Å². The Hall–Kier alpha value is -2.84. The van der Waals surface area contributed by atoms with E-state index in [9.17, 15) is 4.79 Å². The van der Waals surface area contributed by atoms with Crippen LogP contribution in [0.3, 0.4) is 0 Å². The van der Waals surface area contributed by atoms with Crippen molar-refractivity contribution in [3.8, 4) is 17.2 Å². The molecular formula is C22H26N2O5S. The van der Waals surface area contributed by atoms with Gasteiger partial charge >= 0.3 is 0 Å². The van der Waals surface area contributed by atoms with Gasteiger partial charge in [0.15, 0.2) is 4.80 Å². The van der Waals surface area contributed by atoms with Gasteiger partial charge in [-0.2, -0.15) is 4.99 Å². The third-order valence-electron chi connectivity index (χ3n) is 4.46. The zero-order valence-electron chi connectivity index (χ0n) is 17.6. The van der Waals surface area contributed by atoms with Crippen LogP contribution >= 0.6 is 11.3 Å². The number of ether oxygens (including phenoxy) is 4. The molecule has 1 heterocycles. The summed E-state index contributed by atoms with van der Waals surface area (Å²) in [6, 6.07) is 10.9. The largest absolute Gasteiger partial charge is 0.497 e. The number of nitrogens with zero attached hydrogens (tertiary/aromatic N) is 2. The second-order valence-corrected chi connectivity index (χ2v) is 7.26. The molecule has 160 valence electrons. The lowest BCUT2D eigenvalue weighted by molar-refractivity contribution is 0.0993. The fourth-order valence-corrected chi connectivity index (χ4v) is 4.16. The van der Waals surface area contributed by atoms with Gasteiger partial charge in [-0.1, -0.05) is 17.4 Å². The molecule has 3 rings (SSSR count). The molecule has 0 spiro atoms. The Labute approximate surface area is 179 Å². The maximum absolute atomic E-state index is 13.0. The van der Waals surface area contributed by atoms with E-state index < -0.39 is 0 Å². The quantitative estimate of drug-likeness (QED) is 0.482. The molecule has 0 fully saturated rings. The van der Waals surface area contributed by atoms with E-state index in [0.29, 0.717) is 48.2 Å². The molecule has 0 radical (unpaired) electrons. The van der Waals surface area contributed by atoms with Crippen LogP contribution in [0, 0.1) is 0 Å². The van der Waals surface area contributed by atoms with Crippen LogP contribution in [0.2, 0.25) is 0 Å². The van der Waals surface area contributed by atoms with Crippen molar-refractivity contribution in [2.45, 2.75) is 20.4 Å². The van der Waals surface area contributed by atoms with Crippen molar-refractivity contribution in [1.82, 2.24) is 4.57 Å². The van der Waals surface area contributed by atoms with Crippen molar-refractivity contribution in [1.29, 1.82) is 0 Å². The van der Waals surface area contributed by atoms with Gasteiger partial charge in [0, 0.05) is 19.2 Å². The molecule has 0 N–H and O–H groups in total. The Balaban J connectivity index is 2.12. The summed E-state index contributed by atoms with van der Waals surface area (Å²) < 4.78 is 24.9. The van der Waals surface area contributed by atoms with Crippen LogP contribution in [-0.4, -0.2) is 44.5 Å². The molecule has 0 unspecified atom stereocenters. The number of aromatic nitrogens is 1. The average Bonchev–Trinajstić information content (AvgIpc) is 3.11. The summed E-state index contributed by atoms with van der Waals surface area (Å²) in [5.41, 5.74) is 1.29. The van der Waals surface area contributed by atoms with E-state index in [2.05, 4.69) is 4.99 Å². The van der Waals surface area contributed by atoms with Gasteiger partial charge in [-0.3, -0.25) is 4.79 Å². The van der Waals surface area contributed by atoms with Crippen molar-refractivity contribution < 1.29 is 23.7 Å². The molecule has 0 aliphatic heterocycles. The van der Waals surface area contributed by atoms with Gasteiger partial charge in [-0.05, 0) is 38.1 Å². The molecule has 0 saturated carbocycles. The van der Waals surface area contributed by atoms with E-state index in [1.165, 1.54) is 18.4 Å². The van der Waals surface area contributed by atoms with Crippen LogP contribution in [0.1, 0.15) is 24.2 Å². The lowest BCUT2D eigenvalue weighted by Crippen LogP contribution is -2.20. The van der Waals surface area contributed by atoms with Crippen LogP contribution in [0.25, 0.3) is 10.2 Å². The third kappa shape index (κ3) is 4.66. The van der Waals surface area contributed by atoms with Gasteiger partial charge in [0.2, 0.25) is 0 Å². The summed E-state index contributed by atoms with van der Waals surface area (Å²) in [5.74, 6) is 1.40. The first-order chi connectivity index (χ1) is 14.6. The highest BCUT2D eigenvalue weighted by Gasteiger charge is 2.16. The molecular weight excluding hydrogens is 404 g/mol. The zero-order chi connectivity index (χ0) is 21.5. The summed E-state index contributed by atoms with van der Waals surface area (Å²) in [6.45, 7) is 6.14. The van der Waals surface area contributed by atoms with E-state index in [1.807, 2.05) is 36.6 Å². The Bertz CT molecular complexity index is 1090. The van der Waals surface area contributed by atoms with Gasteiger partial charge in [-0.15, -0.1) is 0 Å². The number of carbonyl (C=O) groups is 1. The van der Waals surface area contributed by atoms with Gasteiger partial charge in [-0.25, -0.2) is 0 Å². The SMILES string of the molecule is CCOCCn1c(=NC(=O)c2ccc(OC)cc2OC)sc2cccc(OCC)c21. The lowest BCUT2D eigenvalue weighted by Gasteiger charge is -2.10. The number of methoxy groups -OCH3 is 2. The standard InChI is InChI=1S/C22H26N2O5S/c1-5-28-13-12-24-20-17(29-6-2)8-7-9-19(20)30-22(24)23-21(25)16-11-10-15(26-3)14-18(16)27-4/h7-11,14H,5-6,12-13H2,1-4H3. The Morgan fingerprint density at radius 3 is 2.60 bits per heavy atom. The third-order valence-corrected chi connectivity index (χ3v) is 5.51. The number of para-hydroxylation sites is 1. The fourth-order valence-electron chi connectivity index (χ4n) is 3.08. The summed E-state index contributed by atoms with van der Waals surface area (Å²) in [5, 5.41) is 0. The summed E-state index contributed by atoms with van der Waals surface area (Å²) in [7, 11) is 3.08. The number of thiazole rings is 1. The second kappa shape index (κ2) is 10.3. The van der Waals surface area contributed by atoms with E-state index in [4.69, 9.17) is 18.9 Å². The minimum atomic E-state index is -0.385. The molecule has 30 heavy (non-hydrogen) atoms. The predicted molar refractivity (Wildman–Crippen MR) is 117 cm³/mol. The highest BCUT2D eigenvalue weighted by atomic mass is 32.1. The number of hydrogen-bond donors (Lipinski definition) is 0. The number of benzene rings is 2. The van der Waals surface area contributed by atoms with Crippen molar-refractivity contribution in [3.05, 3.63) is 46.8 Å². The van der Waals surface area contributed by atoms with Crippen LogP contribution in [0.4, 0.5) is 0 Å². The van der Waals surface area contributed by atoms with Gasteiger partial charge in [0.1, 0.15) is 22.8 Å². The summed E-state index contributed by atoms with van der Waals surface area (Å²) in [6.07, 6.45) is 0. The molecule has 1 aromatic heterocycles. The predicted octanol–water partition coefficient (Wildman–Crippen LogP) is 3.90. The molecule has 3 aromatic rings. The maximum atomic E-state index is 13.0. The molecule has 0 atom stereocenters. The fraction of sp³-hybridized carbons (Fsp3) is 0.364. The minimum absolute atomic E-state index is 0.372. The minimum Gasteiger partial charge on any atom is -0.497 e. The first-order valence-corrected chi connectivity index (χ1v) is 10.6. The van der Waals surface area contributed by atoms with Crippen LogP contribution in [-0.2, 0) is 11.3 Å². The number of amides is 1. The van der Waals surface area contributed by atoms with Crippen LogP contribution in [0.5, 0.6) is 17.2 Å². The average molecular weight is 431 g/mol. The smallest absolute Gasteiger partial charge is 0.283 e. The normalized spacial score (nSPS) is 11.7. The number of rotatable bonds is 9. The first-order valence-electron chi connectivity index (χ1n) is 9.76. The molecule has 7 nitrogen and oxygen atoms in total. The number of hydrogen-bond acceptors (Lipinski definition) is 6.